The maximum absolute atomic E-state index is 12.6. The van der Waals surface area contributed by atoms with Crippen molar-refractivity contribution < 1.29 is 18.1 Å². The van der Waals surface area contributed by atoms with Gasteiger partial charge in [0.1, 0.15) is 5.75 Å². The van der Waals surface area contributed by atoms with E-state index in [1.807, 2.05) is 0 Å². The van der Waals surface area contributed by atoms with Crippen LogP contribution in [0, 0.1) is 17.0 Å². The Labute approximate surface area is 134 Å². The fourth-order valence-electron chi connectivity index (χ4n) is 2.12. The van der Waals surface area contributed by atoms with E-state index in [2.05, 4.69) is 4.72 Å². The molecule has 0 heterocycles. The highest BCUT2D eigenvalue weighted by molar-refractivity contribution is 7.92. The highest BCUT2D eigenvalue weighted by Crippen LogP contribution is 2.29. The molecule has 0 aromatic heterocycles. The number of anilines is 1. The van der Waals surface area contributed by atoms with Crippen LogP contribution < -0.4 is 9.46 Å². The maximum Gasteiger partial charge on any atom is 0.273 e. The topological polar surface area (TPSA) is 98.5 Å². The first-order valence-corrected chi connectivity index (χ1v) is 8.33. The van der Waals surface area contributed by atoms with E-state index in [-0.39, 0.29) is 21.8 Å². The highest BCUT2D eigenvalue weighted by Gasteiger charge is 2.23. The first-order valence-electron chi connectivity index (χ1n) is 6.85. The molecule has 0 saturated carbocycles. The Morgan fingerprint density at radius 2 is 1.87 bits per heavy atom. The van der Waals surface area contributed by atoms with Crippen molar-refractivity contribution in [1.29, 1.82) is 0 Å². The van der Waals surface area contributed by atoms with Gasteiger partial charge in [-0.05, 0) is 32.0 Å². The second-order valence-corrected chi connectivity index (χ2v) is 6.34. The van der Waals surface area contributed by atoms with E-state index in [4.69, 9.17) is 4.74 Å². The van der Waals surface area contributed by atoms with Crippen molar-refractivity contribution in [2.24, 2.45) is 0 Å². The predicted molar refractivity (Wildman–Crippen MR) is 86.3 cm³/mol. The van der Waals surface area contributed by atoms with Crippen LogP contribution in [0.15, 0.2) is 47.4 Å². The molecule has 2 rings (SSSR count). The Bertz CT molecular complexity index is 834. The number of nitro benzene ring substituents is 1. The summed E-state index contributed by atoms with van der Waals surface area (Å²) in [6.07, 6.45) is 0. The van der Waals surface area contributed by atoms with E-state index in [0.29, 0.717) is 12.4 Å². The standard InChI is InChI=1S/C15H16N2O5S/c1-3-22-14-9-5-4-7-12(14)16-23(20,21)15-10-6-8-13(11(15)2)17(18)19/h4-10,16H,3H2,1-2H3. The van der Waals surface area contributed by atoms with Crippen molar-refractivity contribution in [3.05, 3.63) is 58.1 Å². The van der Waals surface area contributed by atoms with E-state index in [0.717, 1.165) is 0 Å². The van der Waals surface area contributed by atoms with E-state index < -0.39 is 14.9 Å². The number of rotatable bonds is 6. The van der Waals surface area contributed by atoms with Gasteiger partial charge in [0.2, 0.25) is 0 Å². The summed E-state index contributed by atoms with van der Waals surface area (Å²) in [6.45, 7) is 3.58. The second kappa shape index (κ2) is 6.66. The first kappa shape index (κ1) is 16.8. The van der Waals surface area contributed by atoms with E-state index >= 15 is 0 Å². The molecule has 0 aliphatic carbocycles. The van der Waals surface area contributed by atoms with E-state index in [1.54, 1.807) is 31.2 Å². The predicted octanol–water partition coefficient (Wildman–Crippen LogP) is 3.10. The molecule has 7 nitrogen and oxygen atoms in total. The normalized spacial score (nSPS) is 11.0. The number of sulfonamides is 1. The van der Waals surface area contributed by atoms with Gasteiger partial charge in [-0.1, -0.05) is 18.2 Å². The zero-order valence-corrected chi connectivity index (χ0v) is 13.5. The summed E-state index contributed by atoms with van der Waals surface area (Å²) >= 11 is 0. The van der Waals surface area contributed by atoms with Crippen LogP contribution in [0.1, 0.15) is 12.5 Å². The molecule has 0 atom stereocenters. The van der Waals surface area contributed by atoms with Crippen LogP contribution in [0.3, 0.4) is 0 Å². The third-order valence-corrected chi connectivity index (χ3v) is 4.68. The Kier molecular flexibility index (Phi) is 4.85. The van der Waals surface area contributed by atoms with Crippen molar-refractivity contribution >= 4 is 21.4 Å². The summed E-state index contributed by atoms with van der Waals surface area (Å²) < 4.78 is 32.9. The molecular formula is C15H16N2O5S. The van der Waals surface area contributed by atoms with Crippen LogP contribution in [0.2, 0.25) is 0 Å². The second-order valence-electron chi connectivity index (χ2n) is 4.69. The minimum atomic E-state index is -3.98. The lowest BCUT2D eigenvalue weighted by Crippen LogP contribution is -2.15. The molecule has 0 aliphatic rings. The number of hydrogen-bond donors (Lipinski definition) is 1. The average Bonchev–Trinajstić information content (AvgIpc) is 2.49. The van der Waals surface area contributed by atoms with Crippen molar-refractivity contribution in [3.63, 3.8) is 0 Å². The number of ether oxygens (including phenoxy) is 1. The summed E-state index contributed by atoms with van der Waals surface area (Å²) in [7, 11) is -3.98. The van der Waals surface area contributed by atoms with Crippen molar-refractivity contribution in [2.45, 2.75) is 18.7 Å². The molecule has 0 fully saturated rings. The summed E-state index contributed by atoms with van der Waals surface area (Å²) in [5.41, 5.74) is 0.116. The molecule has 0 radical (unpaired) electrons. The van der Waals surface area contributed by atoms with Crippen LogP contribution in [-0.2, 0) is 10.0 Å². The summed E-state index contributed by atoms with van der Waals surface area (Å²) in [5.74, 6) is 0.390. The van der Waals surface area contributed by atoms with Crippen LogP contribution in [0.25, 0.3) is 0 Å². The minimum Gasteiger partial charge on any atom is -0.492 e. The monoisotopic (exact) mass is 336 g/mol. The number of nitrogens with zero attached hydrogens (tertiary/aromatic N) is 1. The number of nitro groups is 1. The first-order chi connectivity index (χ1) is 10.9. The summed E-state index contributed by atoms with van der Waals surface area (Å²) in [4.78, 5) is 10.2. The van der Waals surface area contributed by atoms with Gasteiger partial charge in [-0.3, -0.25) is 14.8 Å². The molecule has 2 aromatic carbocycles. The van der Waals surface area contributed by atoms with Crippen LogP contribution in [0.5, 0.6) is 5.75 Å². The quantitative estimate of drug-likeness (QED) is 0.645. The van der Waals surface area contributed by atoms with Crippen LogP contribution in [-0.4, -0.2) is 19.9 Å². The van der Waals surface area contributed by atoms with Gasteiger partial charge in [-0.15, -0.1) is 0 Å². The molecule has 2 aromatic rings. The molecule has 0 aliphatic heterocycles. The summed E-state index contributed by atoms with van der Waals surface area (Å²) in [5, 5.41) is 11.0. The maximum atomic E-state index is 12.6. The van der Waals surface area contributed by atoms with Crippen molar-refractivity contribution in [1.82, 2.24) is 0 Å². The van der Waals surface area contributed by atoms with Gasteiger partial charge in [0.15, 0.2) is 0 Å². The molecule has 0 amide bonds. The lowest BCUT2D eigenvalue weighted by Gasteiger charge is -2.13. The van der Waals surface area contributed by atoms with Crippen molar-refractivity contribution in [3.8, 4) is 5.75 Å². The Balaban J connectivity index is 2.45. The Morgan fingerprint density at radius 3 is 2.52 bits per heavy atom. The van der Waals surface area contributed by atoms with E-state index in [9.17, 15) is 18.5 Å². The van der Waals surface area contributed by atoms with Gasteiger partial charge in [-0.2, -0.15) is 0 Å². The van der Waals surface area contributed by atoms with Gasteiger partial charge < -0.3 is 4.74 Å². The number of para-hydroxylation sites is 2. The van der Waals surface area contributed by atoms with E-state index in [1.165, 1.54) is 25.1 Å². The Morgan fingerprint density at radius 1 is 1.17 bits per heavy atom. The third kappa shape index (κ3) is 3.59. The molecule has 0 spiro atoms. The summed E-state index contributed by atoms with van der Waals surface area (Å²) in [6, 6.07) is 10.5. The smallest absolute Gasteiger partial charge is 0.273 e. The molecule has 0 unspecified atom stereocenters. The molecular weight excluding hydrogens is 320 g/mol. The molecule has 0 saturated heterocycles. The molecule has 23 heavy (non-hydrogen) atoms. The van der Waals surface area contributed by atoms with Gasteiger partial charge in [-0.25, -0.2) is 8.42 Å². The van der Waals surface area contributed by atoms with Crippen LogP contribution >= 0.6 is 0 Å². The largest absolute Gasteiger partial charge is 0.492 e. The Hall–Kier alpha value is -2.61. The van der Waals surface area contributed by atoms with Crippen LogP contribution in [0.4, 0.5) is 11.4 Å². The number of hydrogen-bond acceptors (Lipinski definition) is 5. The molecule has 1 N–H and O–H groups in total. The zero-order chi connectivity index (χ0) is 17.0. The third-order valence-electron chi connectivity index (χ3n) is 3.17. The van der Waals surface area contributed by atoms with Gasteiger partial charge in [0.05, 0.1) is 22.1 Å². The minimum absolute atomic E-state index is 0.0823. The fraction of sp³-hybridized carbons (Fsp3) is 0.200. The number of nitrogens with one attached hydrogen (secondary N) is 1. The van der Waals surface area contributed by atoms with Gasteiger partial charge in [0.25, 0.3) is 15.7 Å². The lowest BCUT2D eigenvalue weighted by molar-refractivity contribution is -0.385. The molecule has 0 bridgehead atoms. The zero-order valence-electron chi connectivity index (χ0n) is 12.6. The molecule has 8 heteroatoms. The van der Waals surface area contributed by atoms with Gasteiger partial charge in [0, 0.05) is 11.6 Å². The molecule has 122 valence electrons. The van der Waals surface area contributed by atoms with Crippen molar-refractivity contribution in [2.75, 3.05) is 11.3 Å². The highest BCUT2D eigenvalue weighted by atomic mass is 32.2. The average molecular weight is 336 g/mol. The van der Waals surface area contributed by atoms with Gasteiger partial charge >= 0.3 is 0 Å². The SMILES string of the molecule is CCOc1ccccc1NS(=O)(=O)c1cccc([N+](=O)[O-])c1C. The fourth-order valence-corrected chi connectivity index (χ4v) is 3.46. The lowest BCUT2D eigenvalue weighted by atomic mass is 10.2. The number of benzene rings is 2.